The van der Waals surface area contributed by atoms with E-state index in [-0.39, 0.29) is 6.61 Å². The standard InChI is InChI=1S/C22H18N4O3S/c23-13-16-8-10-19(11-9-16)29-14-18(27)15-30-22-25-24-21(20-7-4-12-28-20)26(22)17-5-2-1-3-6-17/h1-12,18,27H,14-15H2. The van der Waals surface area contributed by atoms with Crippen molar-refractivity contribution in [2.24, 2.45) is 0 Å². The average Bonchev–Trinajstić information content (AvgIpc) is 3.47. The van der Waals surface area contributed by atoms with Crippen LogP contribution in [0.5, 0.6) is 5.75 Å². The van der Waals surface area contributed by atoms with Crippen LogP contribution in [0, 0.1) is 11.3 Å². The van der Waals surface area contributed by atoms with Crippen molar-refractivity contribution >= 4 is 11.8 Å². The summed E-state index contributed by atoms with van der Waals surface area (Å²) >= 11 is 1.38. The summed E-state index contributed by atoms with van der Waals surface area (Å²) in [5.41, 5.74) is 1.46. The van der Waals surface area contributed by atoms with Gasteiger partial charge in [0, 0.05) is 11.4 Å². The van der Waals surface area contributed by atoms with E-state index >= 15 is 0 Å². The fourth-order valence-corrected chi connectivity index (χ4v) is 3.63. The molecule has 0 saturated carbocycles. The lowest BCUT2D eigenvalue weighted by molar-refractivity contribution is 0.126. The van der Waals surface area contributed by atoms with E-state index in [2.05, 4.69) is 16.3 Å². The van der Waals surface area contributed by atoms with Gasteiger partial charge in [-0.2, -0.15) is 5.26 Å². The molecule has 4 rings (SSSR count). The van der Waals surface area contributed by atoms with Crippen molar-refractivity contribution in [1.29, 1.82) is 5.26 Å². The molecular weight excluding hydrogens is 400 g/mol. The Bertz CT molecular complexity index is 1120. The Morgan fingerprint density at radius 1 is 1.07 bits per heavy atom. The minimum Gasteiger partial charge on any atom is -0.491 e. The third kappa shape index (κ3) is 4.54. The molecule has 0 fully saturated rings. The fourth-order valence-electron chi connectivity index (χ4n) is 2.78. The fraction of sp³-hybridized carbons (Fsp3) is 0.136. The molecule has 2 aromatic carbocycles. The van der Waals surface area contributed by atoms with Gasteiger partial charge >= 0.3 is 0 Å². The summed E-state index contributed by atoms with van der Waals surface area (Å²) in [6.45, 7) is 0.128. The van der Waals surface area contributed by atoms with Gasteiger partial charge in [0.25, 0.3) is 0 Å². The molecule has 7 nitrogen and oxygen atoms in total. The lowest BCUT2D eigenvalue weighted by atomic mass is 10.2. The van der Waals surface area contributed by atoms with Crippen LogP contribution in [0.1, 0.15) is 5.56 Å². The molecule has 150 valence electrons. The van der Waals surface area contributed by atoms with E-state index in [4.69, 9.17) is 14.4 Å². The molecule has 0 aliphatic rings. The summed E-state index contributed by atoms with van der Waals surface area (Å²) in [7, 11) is 0. The summed E-state index contributed by atoms with van der Waals surface area (Å²) in [6, 6.07) is 22.2. The molecule has 0 aliphatic carbocycles. The molecule has 8 heteroatoms. The van der Waals surface area contributed by atoms with Gasteiger partial charge < -0.3 is 14.3 Å². The molecule has 2 heterocycles. The van der Waals surface area contributed by atoms with E-state index in [0.717, 1.165) is 5.69 Å². The first-order valence-corrected chi connectivity index (χ1v) is 10.2. The van der Waals surface area contributed by atoms with Crippen LogP contribution in [0.2, 0.25) is 0 Å². The summed E-state index contributed by atoms with van der Waals surface area (Å²) in [6.07, 6.45) is 0.884. The number of rotatable bonds is 8. The zero-order valence-corrected chi connectivity index (χ0v) is 16.7. The lowest BCUT2D eigenvalue weighted by Gasteiger charge is -2.13. The minimum absolute atomic E-state index is 0.128. The highest BCUT2D eigenvalue weighted by atomic mass is 32.2. The van der Waals surface area contributed by atoms with Gasteiger partial charge in [0.15, 0.2) is 10.9 Å². The van der Waals surface area contributed by atoms with Gasteiger partial charge in [-0.3, -0.25) is 4.57 Å². The predicted octanol–water partition coefficient (Wildman–Crippen LogP) is 3.93. The Kier molecular flexibility index (Phi) is 6.13. The first-order chi connectivity index (χ1) is 14.7. The van der Waals surface area contributed by atoms with Gasteiger partial charge in [-0.25, -0.2) is 0 Å². The molecule has 0 spiro atoms. The number of aliphatic hydroxyl groups excluding tert-OH is 1. The predicted molar refractivity (Wildman–Crippen MR) is 112 cm³/mol. The zero-order valence-electron chi connectivity index (χ0n) is 15.9. The van der Waals surface area contributed by atoms with Crippen LogP contribution in [0.3, 0.4) is 0 Å². The van der Waals surface area contributed by atoms with Crippen LogP contribution >= 0.6 is 11.8 Å². The molecule has 1 unspecified atom stereocenters. The van der Waals surface area contributed by atoms with Crippen LogP contribution < -0.4 is 4.74 Å². The van der Waals surface area contributed by atoms with E-state index < -0.39 is 6.10 Å². The normalized spacial score (nSPS) is 11.7. The summed E-state index contributed by atoms with van der Waals surface area (Å²) in [5.74, 6) is 2.19. The molecule has 0 radical (unpaired) electrons. The van der Waals surface area contributed by atoms with Gasteiger partial charge in [0.2, 0.25) is 5.82 Å². The smallest absolute Gasteiger partial charge is 0.205 e. The van der Waals surface area contributed by atoms with Crippen molar-refractivity contribution in [2.75, 3.05) is 12.4 Å². The van der Waals surface area contributed by atoms with Gasteiger partial charge in [0.05, 0.1) is 24.0 Å². The maximum Gasteiger partial charge on any atom is 0.205 e. The molecule has 0 amide bonds. The number of benzene rings is 2. The molecule has 4 aromatic rings. The zero-order chi connectivity index (χ0) is 20.8. The third-order valence-corrected chi connectivity index (χ3v) is 5.29. The largest absolute Gasteiger partial charge is 0.491 e. The quantitative estimate of drug-likeness (QED) is 0.433. The van der Waals surface area contributed by atoms with Crippen molar-refractivity contribution in [3.63, 3.8) is 0 Å². The van der Waals surface area contributed by atoms with Crippen LogP contribution in [-0.4, -0.2) is 38.3 Å². The Balaban J connectivity index is 1.44. The SMILES string of the molecule is N#Cc1ccc(OCC(O)CSc2nnc(-c3ccco3)n2-c2ccccc2)cc1. The van der Waals surface area contributed by atoms with Gasteiger partial charge in [-0.1, -0.05) is 30.0 Å². The van der Waals surface area contributed by atoms with E-state index in [0.29, 0.717) is 33.8 Å². The number of furan rings is 1. The van der Waals surface area contributed by atoms with Gasteiger partial charge in [-0.15, -0.1) is 10.2 Å². The number of hydrogen-bond donors (Lipinski definition) is 1. The maximum atomic E-state index is 10.4. The monoisotopic (exact) mass is 418 g/mol. The number of thioether (sulfide) groups is 1. The van der Waals surface area contributed by atoms with Crippen molar-refractivity contribution in [3.05, 3.63) is 78.6 Å². The van der Waals surface area contributed by atoms with E-state index in [1.54, 1.807) is 36.6 Å². The summed E-state index contributed by atoms with van der Waals surface area (Å²) < 4.78 is 13.0. The Morgan fingerprint density at radius 3 is 2.57 bits per heavy atom. The van der Waals surface area contributed by atoms with Crippen molar-refractivity contribution in [3.8, 4) is 29.1 Å². The maximum absolute atomic E-state index is 10.4. The highest BCUT2D eigenvalue weighted by molar-refractivity contribution is 7.99. The average molecular weight is 418 g/mol. The molecule has 2 aromatic heterocycles. The minimum atomic E-state index is -0.710. The molecule has 30 heavy (non-hydrogen) atoms. The second kappa shape index (κ2) is 9.31. The topological polar surface area (TPSA) is 97.1 Å². The molecular formula is C22H18N4O3S. The first kappa shape index (κ1) is 19.8. The van der Waals surface area contributed by atoms with Crippen LogP contribution in [0.15, 0.2) is 82.6 Å². The van der Waals surface area contributed by atoms with E-state index in [1.165, 1.54) is 11.8 Å². The molecule has 1 N–H and O–H groups in total. The lowest BCUT2D eigenvalue weighted by Crippen LogP contribution is -2.20. The number of para-hydroxylation sites is 1. The third-order valence-electron chi connectivity index (χ3n) is 4.22. The van der Waals surface area contributed by atoms with Gasteiger partial charge in [-0.05, 0) is 48.5 Å². The van der Waals surface area contributed by atoms with Crippen molar-refractivity contribution in [2.45, 2.75) is 11.3 Å². The molecule has 0 aliphatic heterocycles. The molecule has 1 atom stereocenters. The molecule has 0 saturated heterocycles. The Labute approximate surface area is 177 Å². The number of nitriles is 1. The Morgan fingerprint density at radius 2 is 1.87 bits per heavy atom. The number of nitrogens with zero attached hydrogens (tertiary/aromatic N) is 4. The number of aliphatic hydroxyl groups is 1. The van der Waals surface area contributed by atoms with E-state index in [9.17, 15) is 5.11 Å². The Hall–Kier alpha value is -3.54. The molecule has 0 bridgehead atoms. The van der Waals surface area contributed by atoms with Crippen LogP contribution in [0.25, 0.3) is 17.3 Å². The number of aromatic nitrogens is 3. The second-order valence-corrected chi connectivity index (χ2v) is 7.35. The van der Waals surface area contributed by atoms with Crippen molar-refractivity contribution in [1.82, 2.24) is 14.8 Å². The van der Waals surface area contributed by atoms with E-state index in [1.807, 2.05) is 41.0 Å². The summed E-state index contributed by atoms with van der Waals surface area (Å²) in [4.78, 5) is 0. The van der Waals surface area contributed by atoms with Gasteiger partial charge in [0.1, 0.15) is 12.4 Å². The first-order valence-electron chi connectivity index (χ1n) is 9.23. The summed E-state index contributed by atoms with van der Waals surface area (Å²) in [5, 5.41) is 28.4. The van der Waals surface area contributed by atoms with Crippen LogP contribution in [0.4, 0.5) is 0 Å². The number of ether oxygens (including phenoxy) is 1. The highest BCUT2D eigenvalue weighted by Gasteiger charge is 2.19. The highest BCUT2D eigenvalue weighted by Crippen LogP contribution is 2.28. The van der Waals surface area contributed by atoms with Crippen molar-refractivity contribution < 1.29 is 14.3 Å². The number of hydrogen-bond acceptors (Lipinski definition) is 7. The van der Waals surface area contributed by atoms with Crippen LogP contribution in [-0.2, 0) is 0 Å². The second-order valence-electron chi connectivity index (χ2n) is 6.37.